The lowest BCUT2D eigenvalue weighted by molar-refractivity contribution is 0.0325. The van der Waals surface area contributed by atoms with Gasteiger partial charge in [-0.1, -0.05) is 6.07 Å². The van der Waals surface area contributed by atoms with Crippen LogP contribution in [-0.4, -0.2) is 29.3 Å². The summed E-state index contributed by atoms with van der Waals surface area (Å²) in [5.74, 6) is -0.614. The molecule has 3 nitrogen and oxygen atoms in total. The number of aliphatic hydroxyl groups excluding tert-OH is 2. The highest BCUT2D eigenvalue weighted by atomic mass is 35.5. The molecule has 1 aromatic rings. The molecule has 0 bridgehead atoms. The summed E-state index contributed by atoms with van der Waals surface area (Å²) in [7, 11) is 1.35. The molecule has 1 aromatic carbocycles. The third kappa shape index (κ3) is 2.81. The summed E-state index contributed by atoms with van der Waals surface area (Å²) in [6.07, 6.45) is -2.30. The molecule has 2 atom stereocenters. The van der Waals surface area contributed by atoms with Crippen molar-refractivity contribution < 1.29 is 19.3 Å². The second-order valence-electron chi connectivity index (χ2n) is 3.06. The zero-order chi connectivity index (χ0) is 11.4. The number of rotatable bonds is 4. The van der Waals surface area contributed by atoms with E-state index in [-0.39, 0.29) is 17.2 Å². The van der Waals surface area contributed by atoms with Crippen LogP contribution in [0.25, 0.3) is 0 Å². The van der Waals surface area contributed by atoms with Gasteiger partial charge in [0, 0.05) is 0 Å². The smallest absolute Gasteiger partial charge is 0.165 e. The number of alkyl halides is 1. The second kappa shape index (κ2) is 5.30. The van der Waals surface area contributed by atoms with Crippen molar-refractivity contribution in [2.24, 2.45) is 0 Å². The van der Waals surface area contributed by atoms with Gasteiger partial charge in [0.2, 0.25) is 0 Å². The molecule has 0 spiro atoms. The summed E-state index contributed by atoms with van der Waals surface area (Å²) in [6.45, 7) is 0. The minimum atomic E-state index is -1.19. The van der Waals surface area contributed by atoms with E-state index >= 15 is 0 Å². The van der Waals surface area contributed by atoms with Crippen LogP contribution in [0, 0.1) is 5.82 Å². The van der Waals surface area contributed by atoms with Gasteiger partial charge in [-0.2, -0.15) is 0 Å². The van der Waals surface area contributed by atoms with Crippen molar-refractivity contribution in [2.75, 3.05) is 13.0 Å². The van der Waals surface area contributed by atoms with Gasteiger partial charge in [-0.25, -0.2) is 4.39 Å². The molecule has 0 aliphatic heterocycles. The maximum atomic E-state index is 13.2. The number of methoxy groups -OCH3 is 1. The molecule has 2 N–H and O–H groups in total. The molecule has 0 aliphatic rings. The highest BCUT2D eigenvalue weighted by molar-refractivity contribution is 6.18. The number of aliphatic hydroxyl groups is 2. The maximum absolute atomic E-state index is 13.2. The van der Waals surface area contributed by atoms with Gasteiger partial charge in [-0.05, 0) is 17.7 Å². The van der Waals surface area contributed by atoms with Crippen molar-refractivity contribution in [3.8, 4) is 5.75 Å². The third-order valence-corrected chi connectivity index (χ3v) is 2.36. The van der Waals surface area contributed by atoms with Crippen molar-refractivity contribution in [3.63, 3.8) is 0 Å². The van der Waals surface area contributed by atoms with Gasteiger partial charge in [-0.15, -0.1) is 11.6 Å². The Labute approximate surface area is 92.1 Å². The molecule has 0 radical (unpaired) electrons. The summed E-state index contributed by atoms with van der Waals surface area (Å²) in [4.78, 5) is 0. The van der Waals surface area contributed by atoms with Crippen molar-refractivity contribution in [1.82, 2.24) is 0 Å². The predicted molar refractivity (Wildman–Crippen MR) is 54.6 cm³/mol. The van der Waals surface area contributed by atoms with Crippen molar-refractivity contribution in [3.05, 3.63) is 29.6 Å². The molecule has 5 heteroatoms. The van der Waals surface area contributed by atoms with E-state index in [1.807, 2.05) is 0 Å². The standard InChI is InChI=1S/C10H12ClFO3/c1-15-9-3-2-6(4-7(9)12)10(14)8(13)5-11/h2-4,8,10,13-14H,5H2,1H3. The Morgan fingerprint density at radius 1 is 1.47 bits per heavy atom. The predicted octanol–water partition coefficient (Wildman–Crippen LogP) is 1.47. The summed E-state index contributed by atoms with van der Waals surface area (Å²) in [5, 5.41) is 18.8. The Balaban J connectivity index is 2.92. The van der Waals surface area contributed by atoms with E-state index in [9.17, 15) is 14.6 Å². The van der Waals surface area contributed by atoms with Crippen molar-refractivity contribution in [1.29, 1.82) is 0 Å². The normalized spacial score (nSPS) is 14.7. The molecule has 0 amide bonds. The zero-order valence-electron chi connectivity index (χ0n) is 8.15. The molecule has 0 aliphatic carbocycles. The minimum absolute atomic E-state index is 0.0892. The van der Waals surface area contributed by atoms with Crippen LogP contribution in [0.5, 0.6) is 5.75 Å². The zero-order valence-corrected chi connectivity index (χ0v) is 8.91. The average molecular weight is 235 g/mol. The van der Waals surface area contributed by atoms with Crippen LogP contribution in [0.4, 0.5) is 4.39 Å². The summed E-state index contributed by atoms with van der Waals surface area (Å²) < 4.78 is 17.9. The fraction of sp³-hybridized carbons (Fsp3) is 0.400. The number of ether oxygens (including phenoxy) is 1. The molecule has 2 unspecified atom stereocenters. The Hall–Kier alpha value is -0.840. The Bertz CT molecular complexity index is 332. The lowest BCUT2D eigenvalue weighted by Gasteiger charge is -2.16. The maximum Gasteiger partial charge on any atom is 0.165 e. The topological polar surface area (TPSA) is 49.7 Å². The van der Waals surface area contributed by atoms with Crippen LogP contribution in [0.2, 0.25) is 0 Å². The quantitative estimate of drug-likeness (QED) is 0.776. The van der Waals surface area contributed by atoms with E-state index in [1.54, 1.807) is 0 Å². The van der Waals surface area contributed by atoms with E-state index in [1.165, 1.54) is 19.2 Å². The first-order chi connectivity index (χ1) is 7.10. The Morgan fingerprint density at radius 3 is 2.60 bits per heavy atom. The highest BCUT2D eigenvalue weighted by Crippen LogP contribution is 2.23. The first-order valence-corrected chi connectivity index (χ1v) is 4.89. The fourth-order valence-corrected chi connectivity index (χ4v) is 1.34. The van der Waals surface area contributed by atoms with E-state index < -0.39 is 18.0 Å². The molecule has 0 fully saturated rings. The first-order valence-electron chi connectivity index (χ1n) is 4.35. The molecule has 0 saturated carbocycles. The highest BCUT2D eigenvalue weighted by Gasteiger charge is 2.18. The van der Waals surface area contributed by atoms with Crippen LogP contribution < -0.4 is 4.74 Å². The van der Waals surface area contributed by atoms with Crippen LogP contribution >= 0.6 is 11.6 Å². The largest absolute Gasteiger partial charge is 0.494 e. The van der Waals surface area contributed by atoms with Gasteiger partial charge in [0.15, 0.2) is 11.6 Å². The van der Waals surface area contributed by atoms with Crippen LogP contribution in [0.1, 0.15) is 11.7 Å². The molecule has 0 aromatic heterocycles. The third-order valence-electron chi connectivity index (χ3n) is 2.04. The van der Waals surface area contributed by atoms with Gasteiger partial charge in [0.25, 0.3) is 0 Å². The number of benzene rings is 1. The monoisotopic (exact) mass is 234 g/mol. The molecule has 0 heterocycles. The van der Waals surface area contributed by atoms with Crippen LogP contribution in [-0.2, 0) is 0 Å². The summed E-state index contributed by atoms with van der Waals surface area (Å²) in [6, 6.07) is 3.97. The van der Waals surface area contributed by atoms with E-state index in [4.69, 9.17) is 16.3 Å². The number of hydrogen-bond acceptors (Lipinski definition) is 3. The fourth-order valence-electron chi connectivity index (χ4n) is 1.17. The molecule has 1 rings (SSSR count). The minimum Gasteiger partial charge on any atom is -0.494 e. The van der Waals surface area contributed by atoms with E-state index in [2.05, 4.69) is 0 Å². The Kier molecular flexibility index (Phi) is 4.32. The average Bonchev–Trinajstić information content (AvgIpc) is 2.26. The Morgan fingerprint density at radius 2 is 2.13 bits per heavy atom. The second-order valence-corrected chi connectivity index (χ2v) is 3.37. The number of halogens is 2. The van der Waals surface area contributed by atoms with Gasteiger partial charge in [0.05, 0.1) is 19.1 Å². The summed E-state index contributed by atoms with van der Waals surface area (Å²) in [5.41, 5.74) is 0.265. The molecule has 84 valence electrons. The molecular weight excluding hydrogens is 223 g/mol. The van der Waals surface area contributed by atoms with Crippen molar-refractivity contribution >= 4 is 11.6 Å². The lowest BCUT2D eigenvalue weighted by atomic mass is 10.1. The summed E-state index contributed by atoms with van der Waals surface area (Å²) >= 11 is 5.37. The van der Waals surface area contributed by atoms with E-state index in [0.717, 1.165) is 6.07 Å². The van der Waals surface area contributed by atoms with Gasteiger partial charge in [0.1, 0.15) is 6.10 Å². The van der Waals surface area contributed by atoms with Gasteiger partial charge in [-0.3, -0.25) is 0 Å². The van der Waals surface area contributed by atoms with Crippen LogP contribution in [0.15, 0.2) is 18.2 Å². The SMILES string of the molecule is COc1ccc(C(O)C(O)CCl)cc1F. The lowest BCUT2D eigenvalue weighted by Crippen LogP contribution is -2.19. The van der Waals surface area contributed by atoms with E-state index in [0.29, 0.717) is 0 Å². The molecule has 15 heavy (non-hydrogen) atoms. The van der Waals surface area contributed by atoms with Crippen LogP contribution in [0.3, 0.4) is 0 Å². The van der Waals surface area contributed by atoms with Gasteiger partial charge < -0.3 is 14.9 Å². The molecular formula is C10H12ClFO3. The van der Waals surface area contributed by atoms with Gasteiger partial charge >= 0.3 is 0 Å². The van der Waals surface area contributed by atoms with Crippen molar-refractivity contribution in [2.45, 2.75) is 12.2 Å². The molecule has 0 saturated heterocycles. The first kappa shape index (κ1) is 12.2. The number of hydrogen-bond donors (Lipinski definition) is 2.